The van der Waals surface area contributed by atoms with Crippen molar-refractivity contribution in [2.45, 2.75) is 49.9 Å². The molecule has 22 heteroatoms. The number of aliphatic hydroxyl groups excluding tert-OH is 2. The number of carboxylic acid groups (broad SMARTS) is 2. The molecule has 0 bridgehead atoms. The van der Waals surface area contributed by atoms with Crippen molar-refractivity contribution in [3.63, 3.8) is 0 Å². The topological polar surface area (TPSA) is 380 Å². The summed E-state index contributed by atoms with van der Waals surface area (Å²) >= 11 is 0. The molecule has 0 aromatic carbocycles. The molecule has 0 heterocycles. The van der Waals surface area contributed by atoms with Crippen LogP contribution in [0.4, 0.5) is 0 Å². The molecule has 0 aromatic heterocycles. The predicted molar refractivity (Wildman–Crippen MR) is 151 cm³/mol. The summed E-state index contributed by atoms with van der Waals surface area (Å²) in [5.41, 5.74) is 15.6. The maximum Gasteiger partial charge on any atom is 0.328 e. The van der Waals surface area contributed by atoms with Crippen LogP contribution in [0.1, 0.15) is 25.7 Å². The van der Waals surface area contributed by atoms with Crippen LogP contribution in [-0.2, 0) is 38.4 Å². The van der Waals surface area contributed by atoms with E-state index < -0.39 is 117 Å². The number of nitrogens with one attached hydrogen (secondary N) is 6. The summed E-state index contributed by atoms with van der Waals surface area (Å²) in [6, 6.07) is -6.06. The van der Waals surface area contributed by atoms with Crippen LogP contribution in [0, 0.1) is 0 Å². The lowest BCUT2D eigenvalue weighted by Gasteiger charge is -2.24. The summed E-state index contributed by atoms with van der Waals surface area (Å²) in [4.78, 5) is 99.6. The van der Waals surface area contributed by atoms with E-state index in [1.807, 2.05) is 5.32 Å². The molecule has 0 saturated heterocycles. The Labute approximate surface area is 255 Å². The quantitative estimate of drug-likeness (QED) is 0.0294. The van der Waals surface area contributed by atoms with Gasteiger partial charge in [-0.1, -0.05) is 0 Å². The van der Waals surface area contributed by atoms with Crippen molar-refractivity contribution >= 4 is 53.3 Å². The molecule has 4 atom stereocenters. The molecule has 0 saturated carbocycles. The number of aliphatic carboxylic acids is 2. The fourth-order valence-corrected chi connectivity index (χ4v) is 3.26. The van der Waals surface area contributed by atoms with E-state index in [1.54, 1.807) is 0 Å². The van der Waals surface area contributed by atoms with Crippen LogP contribution in [-0.4, -0.2) is 137 Å². The third-order valence-corrected chi connectivity index (χ3v) is 5.56. The number of aliphatic imine (C=N–C) groups is 1. The van der Waals surface area contributed by atoms with Crippen LogP contribution in [0.5, 0.6) is 0 Å². The zero-order valence-electron chi connectivity index (χ0n) is 24.1. The molecule has 0 rings (SSSR count). The Hall–Kier alpha value is -5.09. The van der Waals surface area contributed by atoms with E-state index in [-0.39, 0.29) is 25.3 Å². The van der Waals surface area contributed by atoms with Gasteiger partial charge in [0.15, 0.2) is 5.96 Å². The normalized spacial score (nSPS) is 13.0. The third-order valence-electron chi connectivity index (χ3n) is 5.56. The van der Waals surface area contributed by atoms with E-state index in [2.05, 4.69) is 31.6 Å². The molecule has 254 valence electrons. The summed E-state index contributed by atoms with van der Waals surface area (Å²) in [5, 5.41) is 49.5. The van der Waals surface area contributed by atoms with Crippen LogP contribution < -0.4 is 49.1 Å². The Kier molecular flexibility index (Phi) is 19.1. The number of carbonyl (C=O) groups excluding carboxylic acids is 6. The van der Waals surface area contributed by atoms with Gasteiger partial charge in [-0.2, -0.15) is 0 Å². The Morgan fingerprint density at radius 2 is 1.18 bits per heavy atom. The largest absolute Gasteiger partial charge is 0.481 e. The molecule has 0 aromatic rings. The number of rotatable bonds is 22. The van der Waals surface area contributed by atoms with Crippen molar-refractivity contribution in [1.82, 2.24) is 31.9 Å². The monoisotopic (exact) mass is 648 g/mol. The second-order valence-electron chi connectivity index (χ2n) is 9.15. The van der Waals surface area contributed by atoms with E-state index in [0.29, 0.717) is 0 Å². The number of hydrogen-bond donors (Lipinski definition) is 13. The van der Waals surface area contributed by atoms with Crippen molar-refractivity contribution in [2.24, 2.45) is 22.2 Å². The van der Waals surface area contributed by atoms with Crippen LogP contribution in [0.25, 0.3) is 0 Å². The lowest BCUT2D eigenvalue weighted by molar-refractivity contribution is -0.143. The van der Waals surface area contributed by atoms with Gasteiger partial charge < -0.3 is 69.5 Å². The number of aliphatic hydroxyl groups is 2. The van der Waals surface area contributed by atoms with Gasteiger partial charge in [-0.15, -0.1) is 0 Å². The first-order chi connectivity index (χ1) is 21.1. The number of guanidine groups is 1. The van der Waals surface area contributed by atoms with Crippen molar-refractivity contribution in [2.75, 3.05) is 39.4 Å². The van der Waals surface area contributed by atoms with Crippen molar-refractivity contribution in [3.05, 3.63) is 0 Å². The van der Waals surface area contributed by atoms with Crippen LogP contribution in [0.3, 0.4) is 0 Å². The number of carbonyl (C=O) groups is 8. The molecular formula is C23H40N10O12. The summed E-state index contributed by atoms with van der Waals surface area (Å²) in [5.74, 6) is -8.69. The minimum Gasteiger partial charge on any atom is -0.481 e. The molecule has 22 nitrogen and oxygen atoms in total. The van der Waals surface area contributed by atoms with Gasteiger partial charge in [-0.25, -0.2) is 4.79 Å². The molecule has 45 heavy (non-hydrogen) atoms. The predicted octanol–water partition coefficient (Wildman–Crippen LogP) is -7.90. The Balaban J connectivity index is 5.39. The van der Waals surface area contributed by atoms with Gasteiger partial charge in [0.2, 0.25) is 35.4 Å². The van der Waals surface area contributed by atoms with Crippen LogP contribution in [0.2, 0.25) is 0 Å². The number of amides is 6. The molecule has 0 aliphatic rings. The summed E-state index contributed by atoms with van der Waals surface area (Å²) in [6.45, 7) is -3.60. The van der Waals surface area contributed by atoms with E-state index in [1.165, 1.54) is 0 Å². The standard InChI is InChI=1S/C23H40N10O12/c24-6-15(36)31-13(9-34)19(41)29-7-16(37)28-8-17(38)30-12(3-4-18(39)40)21(43)32-11(2-1-5-27-23(25)26)20(42)33-14(10-35)22(44)45/h11-14,34-35H,1-10,24H2,(H,28,37)(H,29,41)(H,30,38)(H,31,36)(H,32,43)(H,33,42)(H,39,40)(H,44,45)(H4,25,26,27)/t11-,12-,13-,14-/m0/s1. The van der Waals surface area contributed by atoms with Crippen LogP contribution >= 0.6 is 0 Å². The van der Waals surface area contributed by atoms with E-state index >= 15 is 0 Å². The molecule has 0 fully saturated rings. The molecule has 6 amide bonds. The molecule has 0 unspecified atom stereocenters. The summed E-state index contributed by atoms with van der Waals surface area (Å²) in [6.07, 6.45) is -1.08. The minimum atomic E-state index is -1.70. The highest BCUT2D eigenvalue weighted by molar-refractivity contribution is 5.95. The number of nitrogens with zero attached hydrogens (tertiary/aromatic N) is 1. The lowest BCUT2D eigenvalue weighted by Crippen LogP contribution is -2.57. The zero-order chi connectivity index (χ0) is 34.5. The van der Waals surface area contributed by atoms with Gasteiger partial charge in [-0.3, -0.25) is 38.6 Å². The molecule has 0 aliphatic carbocycles. The highest BCUT2D eigenvalue weighted by Gasteiger charge is 2.29. The average molecular weight is 649 g/mol. The van der Waals surface area contributed by atoms with Gasteiger partial charge in [0.05, 0.1) is 32.8 Å². The maximum absolute atomic E-state index is 13.0. The zero-order valence-corrected chi connectivity index (χ0v) is 24.1. The SMILES string of the molecule is NCC(=O)N[C@@H](CO)C(=O)NCC(=O)NCC(=O)N[C@@H](CCC(=O)O)C(=O)N[C@@H](CCCN=C(N)N)C(=O)N[C@@H](CO)C(=O)O. The van der Waals surface area contributed by atoms with E-state index in [9.17, 15) is 48.6 Å². The Bertz CT molecular complexity index is 1100. The first kappa shape index (κ1) is 39.9. The molecule has 0 spiro atoms. The van der Waals surface area contributed by atoms with Gasteiger partial charge in [-0.05, 0) is 19.3 Å². The van der Waals surface area contributed by atoms with Gasteiger partial charge >= 0.3 is 11.9 Å². The first-order valence-corrected chi connectivity index (χ1v) is 13.3. The van der Waals surface area contributed by atoms with Crippen molar-refractivity contribution < 1.29 is 58.8 Å². The highest BCUT2D eigenvalue weighted by Crippen LogP contribution is 2.04. The molecule has 0 radical (unpaired) electrons. The summed E-state index contributed by atoms with van der Waals surface area (Å²) in [7, 11) is 0. The second kappa shape index (κ2) is 21.6. The third kappa shape index (κ3) is 17.6. The summed E-state index contributed by atoms with van der Waals surface area (Å²) < 4.78 is 0. The second-order valence-corrected chi connectivity index (χ2v) is 9.15. The number of nitrogens with two attached hydrogens (primary N) is 3. The van der Waals surface area contributed by atoms with Gasteiger partial charge in [0.1, 0.15) is 24.2 Å². The molecule has 16 N–H and O–H groups in total. The van der Waals surface area contributed by atoms with Gasteiger partial charge in [0.25, 0.3) is 0 Å². The maximum atomic E-state index is 13.0. The Morgan fingerprint density at radius 1 is 0.644 bits per heavy atom. The molecular weight excluding hydrogens is 608 g/mol. The molecule has 0 aliphatic heterocycles. The van der Waals surface area contributed by atoms with Gasteiger partial charge in [0, 0.05) is 13.0 Å². The average Bonchev–Trinajstić information content (AvgIpc) is 2.98. The fraction of sp³-hybridized carbons (Fsp3) is 0.609. The van der Waals surface area contributed by atoms with E-state index in [4.69, 9.17) is 27.4 Å². The first-order valence-electron chi connectivity index (χ1n) is 13.3. The minimum absolute atomic E-state index is 0.0205. The van der Waals surface area contributed by atoms with E-state index in [0.717, 1.165) is 0 Å². The fourth-order valence-electron chi connectivity index (χ4n) is 3.26. The van der Waals surface area contributed by atoms with Crippen molar-refractivity contribution in [1.29, 1.82) is 0 Å². The smallest absolute Gasteiger partial charge is 0.328 e. The lowest BCUT2D eigenvalue weighted by atomic mass is 10.1. The number of carboxylic acids is 2. The number of hydrogen-bond acceptors (Lipinski definition) is 12. The van der Waals surface area contributed by atoms with Crippen LogP contribution in [0.15, 0.2) is 4.99 Å². The Morgan fingerprint density at radius 3 is 1.69 bits per heavy atom. The van der Waals surface area contributed by atoms with Crippen molar-refractivity contribution in [3.8, 4) is 0 Å². The highest BCUT2D eigenvalue weighted by atomic mass is 16.4.